The van der Waals surface area contributed by atoms with Crippen molar-refractivity contribution in [1.29, 1.82) is 0 Å². The van der Waals surface area contributed by atoms with Crippen molar-refractivity contribution in [2.45, 2.75) is 6.42 Å². The SMILES string of the molecule is Cn1cnc2c(C(=O)N3CC(Cc4ccoc4)C3)ccnc21. The zero-order valence-electron chi connectivity index (χ0n) is 12.3. The van der Waals surface area contributed by atoms with Gasteiger partial charge in [0.05, 0.1) is 24.4 Å². The van der Waals surface area contributed by atoms with Crippen molar-refractivity contribution in [2.24, 2.45) is 13.0 Å². The maximum Gasteiger partial charge on any atom is 0.256 e. The molecule has 0 atom stereocenters. The summed E-state index contributed by atoms with van der Waals surface area (Å²) in [6.45, 7) is 1.56. The molecule has 0 radical (unpaired) electrons. The number of fused-ring (bicyclic) bond motifs is 1. The number of imidazole rings is 1. The molecule has 1 fully saturated rings. The van der Waals surface area contributed by atoms with Gasteiger partial charge in [0.1, 0.15) is 5.52 Å². The summed E-state index contributed by atoms with van der Waals surface area (Å²) in [5, 5.41) is 0. The molecular formula is C16H16N4O2. The Kier molecular flexibility index (Phi) is 2.96. The number of aromatic nitrogens is 3. The predicted molar refractivity (Wildman–Crippen MR) is 80.3 cm³/mol. The molecule has 0 N–H and O–H groups in total. The molecule has 1 aliphatic heterocycles. The van der Waals surface area contributed by atoms with Gasteiger partial charge in [-0.25, -0.2) is 9.97 Å². The quantitative estimate of drug-likeness (QED) is 0.740. The Bertz CT molecular complexity index is 816. The lowest BCUT2D eigenvalue weighted by Crippen LogP contribution is -2.50. The summed E-state index contributed by atoms with van der Waals surface area (Å²) in [6.07, 6.45) is 7.76. The van der Waals surface area contributed by atoms with Crippen LogP contribution in [0.2, 0.25) is 0 Å². The summed E-state index contributed by atoms with van der Waals surface area (Å²) >= 11 is 0. The molecule has 3 aromatic heterocycles. The average molecular weight is 296 g/mol. The molecule has 1 saturated heterocycles. The van der Waals surface area contributed by atoms with E-state index in [4.69, 9.17) is 4.42 Å². The van der Waals surface area contributed by atoms with Crippen LogP contribution in [0, 0.1) is 5.92 Å². The molecule has 0 aliphatic carbocycles. The first-order valence-corrected chi connectivity index (χ1v) is 7.29. The first-order valence-electron chi connectivity index (χ1n) is 7.29. The first-order chi connectivity index (χ1) is 10.7. The molecule has 6 nitrogen and oxygen atoms in total. The van der Waals surface area contributed by atoms with Crippen LogP contribution in [-0.2, 0) is 13.5 Å². The Morgan fingerprint density at radius 2 is 2.23 bits per heavy atom. The van der Waals surface area contributed by atoms with Gasteiger partial charge in [0.2, 0.25) is 0 Å². The molecular weight excluding hydrogens is 280 g/mol. The van der Waals surface area contributed by atoms with Gasteiger partial charge < -0.3 is 13.9 Å². The molecule has 0 saturated carbocycles. The van der Waals surface area contributed by atoms with Crippen LogP contribution in [0.15, 0.2) is 41.6 Å². The summed E-state index contributed by atoms with van der Waals surface area (Å²) in [6, 6.07) is 3.73. The van der Waals surface area contributed by atoms with Crippen molar-refractivity contribution in [3.8, 4) is 0 Å². The molecule has 1 amide bonds. The fourth-order valence-corrected chi connectivity index (χ4v) is 2.98. The van der Waals surface area contributed by atoms with Gasteiger partial charge in [0.15, 0.2) is 5.65 Å². The van der Waals surface area contributed by atoms with E-state index in [-0.39, 0.29) is 5.91 Å². The van der Waals surface area contributed by atoms with E-state index in [1.807, 2.05) is 22.6 Å². The van der Waals surface area contributed by atoms with Crippen LogP contribution in [0.1, 0.15) is 15.9 Å². The number of hydrogen-bond acceptors (Lipinski definition) is 4. The number of hydrogen-bond donors (Lipinski definition) is 0. The highest BCUT2D eigenvalue weighted by Crippen LogP contribution is 2.24. The molecule has 112 valence electrons. The second kappa shape index (κ2) is 4.98. The molecule has 0 spiro atoms. The molecule has 4 heterocycles. The Morgan fingerprint density at radius 1 is 1.36 bits per heavy atom. The molecule has 0 unspecified atom stereocenters. The summed E-state index contributed by atoms with van der Waals surface area (Å²) < 4.78 is 6.90. The molecule has 1 aliphatic rings. The Labute approximate surface area is 127 Å². The molecule has 0 bridgehead atoms. The van der Waals surface area contributed by atoms with E-state index in [0.29, 0.717) is 17.0 Å². The van der Waals surface area contributed by atoms with Gasteiger partial charge in [-0.2, -0.15) is 0 Å². The minimum atomic E-state index is 0.0366. The minimum absolute atomic E-state index is 0.0366. The molecule has 3 aromatic rings. The molecule has 4 rings (SSSR count). The third-order valence-corrected chi connectivity index (χ3v) is 4.18. The second-order valence-corrected chi connectivity index (χ2v) is 5.80. The Morgan fingerprint density at radius 3 is 3.00 bits per heavy atom. The average Bonchev–Trinajstić information content (AvgIpc) is 3.12. The topological polar surface area (TPSA) is 64.2 Å². The largest absolute Gasteiger partial charge is 0.472 e. The van der Waals surface area contributed by atoms with E-state index in [2.05, 4.69) is 9.97 Å². The van der Waals surface area contributed by atoms with Crippen molar-refractivity contribution in [2.75, 3.05) is 13.1 Å². The fraction of sp³-hybridized carbons (Fsp3) is 0.312. The fourth-order valence-electron chi connectivity index (χ4n) is 2.98. The normalized spacial score (nSPS) is 15.2. The number of likely N-dealkylation sites (tertiary alicyclic amines) is 1. The third-order valence-electron chi connectivity index (χ3n) is 4.18. The molecule has 0 aromatic carbocycles. The summed E-state index contributed by atoms with van der Waals surface area (Å²) in [5.74, 6) is 0.539. The number of rotatable bonds is 3. The van der Waals surface area contributed by atoms with E-state index in [1.165, 1.54) is 5.56 Å². The zero-order chi connectivity index (χ0) is 15.1. The van der Waals surface area contributed by atoms with Gasteiger partial charge in [-0.15, -0.1) is 0 Å². The summed E-state index contributed by atoms with van der Waals surface area (Å²) in [7, 11) is 1.88. The smallest absolute Gasteiger partial charge is 0.256 e. The van der Waals surface area contributed by atoms with Gasteiger partial charge in [-0.3, -0.25) is 4.79 Å². The number of carbonyl (C=O) groups is 1. The Balaban J connectivity index is 1.49. The predicted octanol–water partition coefficient (Wildman–Crippen LogP) is 1.88. The van der Waals surface area contributed by atoms with E-state index < -0.39 is 0 Å². The highest BCUT2D eigenvalue weighted by molar-refractivity contribution is 6.04. The van der Waals surface area contributed by atoms with Crippen LogP contribution >= 0.6 is 0 Å². The second-order valence-electron chi connectivity index (χ2n) is 5.80. The summed E-state index contributed by atoms with van der Waals surface area (Å²) in [4.78, 5) is 23.1. The lowest BCUT2D eigenvalue weighted by atomic mass is 9.92. The van der Waals surface area contributed by atoms with E-state index in [0.717, 1.165) is 25.2 Å². The van der Waals surface area contributed by atoms with Crippen LogP contribution in [-0.4, -0.2) is 38.4 Å². The third kappa shape index (κ3) is 2.07. The maximum atomic E-state index is 12.6. The maximum absolute atomic E-state index is 12.6. The van der Waals surface area contributed by atoms with Crippen LogP contribution in [0.3, 0.4) is 0 Å². The van der Waals surface area contributed by atoms with Gasteiger partial charge in [-0.05, 0) is 30.0 Å². The number of amides is 1. The number of furan rings is 1. The van der Waals surface area contributed by atoms with Gasteiger partial charge >= 0.3 is 0 Å². The lowest BCUT2D eigenvalue weighted by Gasteiger charge is -2.39. The van der Waals surface area contributed by atoms with Crippen molar-refractivity contribution >= 4 is 17.1 Å². The van der Waals surface area contributed by atoms with Crippen molar-refractivity contribution in [1.82, 2.24) is 19.4 Å². The van der Waals surface area contributed by atoms with E-state index >= 15 is 0 Å². The summed E-state index contributed by atoms with van der Waals surface area (Å²) in [5.41, 5.74) is 3.23. The first kappa shape index (κ1) is 13.1. The van der Waals surface area contributed by atoms with Crippen molar-refractivity contribution in [3.63, 3.8) is 0 Å². The van der Waals surface area contributed by atoms with Crippen LogP contribution in [0.25, 0.3) is 11.2 Å². The molecule has 22 heavy (non-hydrogen) atoms. The van der Waals surface area contributed by atoms with Crippen molar-refractivity contribution in [3.05, 3.63) is 48.3 Å². The van der Waals surface area contributed by atoms with Gasteiger partial charge in [-0.1, -0.05) is 0 Å². The zero-order valence-corrected chi connectivity index (χ0v) is 12.3. The molecule has 6 heteroatoms. The number of carbonyl (C=O) groups excluding carboxylic acids is 1. The van der Waals surface area contributed by atoms with Gasteiger partial charge in [0, 0.05) is 26.3 Å². The minimum Gasteiger partial charge on any atom is -0.472 e. The number of pyridine rings is 1. The Hall–Kier alpha value is -2.63. The number of nitrogens with zero attached hydrogens (tertiary/aromatic N) is 4. The van der Waals surface area contributed by atoms with E-state index in [9.17, 15) is 4.79 Å². The lowest BCUT2D eigenvalue weighted by molar-refractivity contribution is 0.0503. The highest BCUT2D eigenvalue weighted by Gasteiger charge is 2.32. The van der Waals surface area contributed by atoms with Crippen LogP contribution in [0.4, 0.5) is 0 Å². The monoisotopic (exact) mass is 296 g/mol. The van der Waals surface area contributed by atoms with E-state index in [1.54, 1.807) is 31.1 Å². The number of aryl methyl sites for hydroxylation is 1. The van der Waals surface area contributed by atoms with Crippen LogP contribution < -0.4 is 0 Å². The highest BCUT2D eigenvalue weighted by atomic mass is 16.3. The standard InChI is InChI=1S/C16H16N4O2/c1-19-10-18-14-13(2-4-17-15(14)19)16(21)20-7-12(8-20)6-11-3-5-22-9-11/h2-5,9-10,12H,6-8H2,1H3. The van der Waals surface area contributed by atoms with Crippen LogP contribution in [0.5, 0.6) is 0 Å². The van der Waals surface area contributed by atoms with Crippen molar-refractivity contribution < 1.29 is 9.21 Å². The van der Waals surface area contributed by atoms with Gasteiger partial charge in [0.25, 0.3) is 5.91 Å².